The van der Waals surface area contributed by atoms with Crippen molar-refractivity contribution in [2.75, 3.05) is 36.8 Å². The lowest BCUT2D eigenvalue weighted by atomic mass is 9.50. The first-order valence-corrected chi connectivity index (χ1v) is 17.2. The molecule has 4 saturated carbocycles. The molecule has 1 saturated heterocycles. The molecule has 0 spiro atoms. The molecule has 2 N–H and O–H groups in total. The molecular formula is C33H38FN5O4S. The Kier molecular flexibility index (Phi) is 7.56. The number of benzene rings is 2. The van der Waals surface area contributed by atoms with E-state index in [9.17, 15) is 22.7 Å². The number of nitrogens with one attached hydrogen (secondary N) is 1. The molecule has 5 aliphatic rings. The molecular weight excluding hydrogens is 581 g/mol. The first-order chi connectivity index (χ1) is 21.1. The van der Waals surface area contributed by atoms with Crippen molar-refractivity contribution in [1.29, 1.82) is 0 Å². The zero-order valence-corrected chi connectivity index (χ0v) is 25.5. The van der Waals surface area contributed by atoms with Crippen molar-refractivity contribution in [3.8, 4) is 16.9 Å². The van der Waals surface area contributed by atoms with Gasteiger partial charge in [-0.15, -0.1) is 10.2 Å². The number of piperazine rings is 1. The second-order valence-electron chi connectivity index (χ2n) is 13.5. The maximum Gasteiger partial charge on any atom is 0.285 e. The number of anilines is 1. The van der Waals surface area contributed by atoms with Crippen molar-refractivity contribution in [3.05, 3.63) is 71.7 Å². The summed E-state index contributed by atoms with van der Waals surface area (Å²) in [5, 5.41) is 18.0. The monoisotopic (exact) mass is 619 g/mol. The number of hydrogen-bond acceptors (Lipinski definition) is 8. The van der Waals surface area contributed by atoms with Gasteiger partial charge in [0.1, 0.15) is 11.6 Å². The molecule has 4 aliphatic carbocycles. The number of phenolic OH excluding ortho intramolecular Hbond substituents is 1. The number of carbonyl (C=O) groups is 1. The molecule has 1 aliphatic heterocycles. The second kappa shape index (κ2) is 11.4. The van der Waals surface area contributed by atoms with E-state index < -0.39 is 15.9 Å². The van der Waals surface area contributed by atoms with Crippen molar-refractivity contribution in [1.82, 2.24) is 19.8 Å². The fourth-order valence-electron chi connectivity index (χ4n) is 8.67. The number of carbonyl (C=O) groups excluding carboxylic acids is 1. The van der Waals surface area contributed by atoms with E-state index in [0.29, 0.717) is 54.3 Å². The van der Waals surface area contributed by atoms with Crippen molar-refractivity contribution < 1.29 is 22.7 Å². The van der Waals surface area contributed by atoms with Crippen LogP contribution in [-0.4, -0.2) is 66.5 Å². The van der Waals surface area contributed by atoms with Crippen LogP contribution in [0.3, 0.4) is 0 Å². The first kappa shape index (κ1) is 29.2. The van der Waals surface area contributed by atoms with Gasteiger partial charge in [0.25, 0.3) is 5.91 Å². The minimum absolute atomic E-state index is 0.0133. The summed E-state index contributed by atoms with van der Waals surface area (Å²) in [4.78, 5) is 17.1. The summed E-state index contributed by atoms with van der Waals surface area (Å²) < 4.78 is 43.3. The maximum absolute atomic E-state index is 14.9. The molecule has 0 unspecified atom stereocenters. The number of rotatable bonds is 8. The molecule has 1 amide bonds. The normalized spacial score (nSPS) is 26.6. The summed E-state index contributed by atoms with van der Waals surface area (Å²) in [6, 6.07) is 15.0. The lowest BCUT2D eigenvalue weighted by Gasteiger charge is -2.56. The number of phenols is 1. The quantitative estimate of drug-likeness (QED) is 0.377. The molecule has 5 fully saturated rings. The summed E-state index contributed by atoms with van der Waals surface area (Å²) >= 11 is 0. The van der Waals surface area contributed by atoms with Crippen LogP contribution >= 0.6 is 0 Å². The van der Waals surface area contributed by atoms with Crippen LogP contribution < -0.4 is 9.62 Å². The molecule has 2 aromatic carbocycles. The van der Waals surface area contributed by atoms with E-state index in [1.165, 1.54) is 25.3 Å². The summed E-state index contributed by atoms with van der Waals surface area (Å²) in [7, 11) is -3.79. The number of halogens is 1. The molecule has 4 bridgehead atoms. The summed E-state index contributed by atoms with van der Waals surface area (Å²) in [5.41, 5.74) is 1.74. The van der Waals surface area contributed by atoms with Gasteiger partial charge in [-0.1, -0.05) is 24.3 Å². The standard InChI is InChI=1S/C33H38FN5O4S/c34-29-15-22(4-5-28(29)26-2-1-3-27(40)16-26)20-38-8-10-39(11-9-38)31-7-6-30(35-36-31)32(41)37-44(42,43)21-33-17-23-12-24(18-33)14-25(13-23)19-33/h1-7,15-16,23-25,40H,8-14,17-21H2,(H,37,41). The summed E-state index contributed by atoms with van der Waals surface area (Å²) in [6.45, 7) is 3.45. The van der Waals surface area contributed by atoms with Gasteiger partial charge in [0.05, 0.1) is 5.75 Å². The van der Waals surface area contributed by atoms with E-state index in [-0.39, 0.29) is 28.4 Å². The average molecular weight is 620 g/mol. The third-order valence-electron chi connectivity index (χ3n) is 10.1. The molecule has 2 heterocycles. The zero-order valence-electron chi connectivity index (χ0n) is 24.7. The zero-order chi connectivity index (χ0) is 30.5. The van der Waals surface area contributed by atoms with Gasteiger partial charge in [-0.2, -0.15) is 0 Å². The highest BCUT2D eigenvalue weighted by atomic mass is 32.2. The van der Waals surface area contributed by atoms with Gasteiger partial charge < -0.3 is 10.0 Å². The summed E-state index contributed by atoms with van der Waals surface area (Å²) in [6.07, 6.45) is 6.58. The maximum atomic E-state index is 14.9. The summed E-state index contributed by atoms with van der Waals surface area (Å²) in [5.74, 6) is 1.59. The first-order valence-electron chi connectivity index (χ1n) is 15.6. The minimum Gasteiger partial charge on any atom is -0.508 e. The number of sulfonamides is 1. The van der Waals surface area contributed by atoms with E-state index in [4.69, 9.17) is 0 Å². The number of aromatic hydroxyl groups is 1. The highest BCUT2D eigenvalue weighted by molar-refractivity contribution is 7.90. The molecule has 0 radical (unpaired) electrons. The molecule has 1 aromatic heterocycles. The van der Waals surface area contributed by atoms with Gasteiger partial charge in [-0.25, -0.2) is 17.5 Å². The second-order valence-corrected chi connectivity index (χ2v) is 15.2. The van der Waals surface area contributed by atoms with Crippen LogP contribution in [0.1, 0.15) is 54.6 Å². The predicted molar refractivity (Wildman–Crippen MR) is 165 cm³/mol. The lowest BCUT2D eigenvalue weighted by Crippen LogP contribution is -2.51. The highest BCUT2D eigenvalue weighted by Crippen LogP contribution is 2.60. The van der Waals surface area contributed by atoms with Gasteiger partial charge in [0.15, 0.2) is 11.5 Å². The Morgan fingerprint density at radius 3 is 2.25 bits per heavy atom. The number of nitrogens with zero attached hydrogens (tertiary/aromatic N) is 4. The van der Waals surface area contributed by atoms with Gasteiger partial charge in [0, 0.05) is 38.3 Å². The van der Waals surface area contributed by atoms with Crippen molar-refractivity contribution in [3.63, 3.8) is 0 Å². The predicted octanol–water partition coefficient (Wildman–Crippen LogP) is 4.59. The topological polar surface area (TPSA) is 116 Å². The van der Waals surface area contributed by atoms with Crippen LogP contribution in [-0.2, 0) is 16.6 Å². The Balaban J connectivity index is 0.914. The van der Waals surface area contributed by atoms with E-state index in [1.807, 2.05) is 6.07 Å². The van der Waals surface area contributed by atoms with Crippen molar-refractivity contribution in [2.45, 2.75) is 45.1 Å². The largest absolute Gasteiger partial charge is 0.508 e. The molecule has 8 rings (SSSR count). The third-order valence-corrected chi connectivity index (χ3v) is 11.6. The smallest absolute Gasteiger partial charge is 0.285 e. The fraction of sp³-hybridized carbons (Fsp3) is 0.485. The SMILES string of the molecule is O=C(NS(=O)(=O)CC12CC3CC(CC(C3)C1)C2)c1ccc(N2CCN(Cc3ccc(-c4cccc(O)c4)c(F)c3)CC2)nn1. The molecule has 232 valence electrons. The van der Waals surface area contributed by atoms with Crippen LogP contribution in [0.25, 0.3) is 11.1 Å². The molecule has 11 heteroatoms. The van der Waals surface area contributed by atoms with E-state index >= 15 is 0 Å². The van der Waals surface area contributed by atoms with Gasteiger partial charge in [-0.05, 0) is 103 Å². The van der Waals surface area contributed by atoms with Crippen LogP contribution in [0.15, 0.2) is 54.6 Å². The highest BCUT2D eigenvalue weighted by Gasteiger charge is 2.52. The minimum atomic E-state index is -3.79. The molecule has 44 heavy (non-hydrogen) atoms. The lowest BCUT2D eigenvalue weighted by molar-refractivity contribution is -0.0391. The van der Waals surface area contributed by atoms with Gasteiger partial charge in [-0.3, -0.25) is 9.69 Å². The van der Waals surface area contributed by atoms with Crippen LogP contribution in [0, 0.1) is 29.0 Å². The third kappa shape index (κ3) is 6.17. The van der Waals surface area contributed by atoms with Crippen LogP contribution in [0.5, 0.6) is 5.75 Å². The van der Waals surface area contributed by atoms with Crippen LogP contribution in [0.2, 0.25) is 0 Å². The molecule has 3 aromatic rings. The Morgan fingerprint density at radius 1 is 0.932 bits per heavy atom. The van der Waals surface area contributed by atoms with E-state index in [1.54, 1.807) is 42.5 Å². The van der Waals surface area contributed by atoms with E-state index in [2.05, 4.69) is 24.7 Å². The number of aromatic nitrogens is 2. The van der Waals surface area contributed by atoms with Crippen LogP contribution in [0.4, 0.5) is 10.2 Å². The van der Waals surface area contributed by atoms with Crippen molar-refractivity contribution >= 4 is 21.7 Å². The van der Waals surface area contributed by atoms with E-state index in [0.717, 1.165) is 37.9 Å². The van der Waals surface area contributed by atoms with Crippen molar-refractivity contribution in [2.24, 2.45) is 23.2 Å². The molecule has 9 nitrogen and oxygen atoms in total. The average Bonchev–Trinajstić information content (AvgIpc) is 2.96. The van der Waals surface area contributed by atoms with Gasteiger partial charge in [0.2, 0.25) is 10.0 Å². The Morgan fingerprint density at radius 2 is 1.64 bits per heavy atom. The fourth-order valence-corrected chi connectivity index (χ4v) is 10.3. The molecule has 0 atom stereocenters. The Hall–Kier alpha value is -3.57. The van der Waals surface area contributed by atoms with Gasteiger partial charge >= 0.3 is 0 Å². The number of hydrogen-bond donors (Lipinski definition) is 2. The Labute approximate surface area is 257 Å². The Bertz CT molecular complexity index is 1620. The number of amides is 1.